The number of H-pyrrole nitrogens is 1. The Balaban J connectivity index is 1.69. The first-order valence-corrected chi connectivity index (χ1v) is 9.54. The molecule has 3 aromatic rings. The Morgan fingerprint density at radius 2 is 1.81 bits per heavy atom. The summed E-state index contributed by atoms with van der Waals surface area (Å²) in [5.74, 6) is -0.218. The zero-order valence-electron chi connectivity index (χ0n) is 15.3. The third-order valence-corrected chi connectivity index (χ3v) is 6.02. The van der Waals surface area contributed by atoms with Crippen LogP contribution in [0.1, 0.15) is 24.8 Å². The second kappa shape index (κ2) is 6.46. The summed E-state index contributed by atoms with van der Waals surface area (Å²) < 4.78 is 13.4. The summed E-state index contributed by atoms with van der Waals surface area (Å²) in [6.45, 7) is 0. The Labute approximate surface area is 158 Å². The number of halogens is 1. The van der Waals surface area contributed by atoms with Gasteiger partial charge in [-0.25, -0.2) is 4.39 Å². The first kappa shape index (κ1) is 16.5. The van der Waals surface area contributed by atoms with Crippen molar-refractivity contribution < 1.29 is 4.39 Å². The van der Waals surface area contributed by atoms with Crippen molar-refractivity contribution in [3.05, 3.63) is 72.4 Å². The molecular weight excluding hydrogens is 337 g/mol. The van der Waals surface area contributed by atoms with Crippen molar-refractivity contribution in [2.24, 2.45) is 0 Å². The van der Waals surface area contributed by atoms with Crippen LogP contribution in [0.5, 0.6) is 0 Å². The third-order valence-electron chi connectivity index (χ3n) is 6.02. The molecule has 2 aliphatic rings. The molecule has 2 bridgehead atoms. The van der Waals surface area contributed by atoms with Gasteiger partial charge in [0.1, 0.15) is 5.82 Å². The maximum absolute atomic E-state index is 13.4. The first-order valence-electron chi connectivity index (χ1n) is 9.54. The molecule has 4 heterocycles. The normalized spacial score (nSPS) is 22.1. The van der Waals surface area contributed by atoms with Crippen LogP contribution in [0, 0.1) is 5.82 Å². The Hall–Kier alpha value is -2.72. The van der Waals surface area contributed by atoms with Crippen molar-refractivity contribution in [2.75, 3.05) is 7.05 Å². The van der Waals surface area contributed by atoms with Crippen LogP contribution in [0.2, 0.25) is 0 Å². The number of fused-ring (bicyclic) bond motifs is 2. The fraction of sp³-hybridized carbons (Fsp3) is 0.261. The predicted molar refractivity (Wildman–Crippen MR) is 107 cm³/mol. The van der Waals surface area contributed by atoms with Gasteiger partial charge >= 0.3 is 0 Å². The van der Waals surface area contributed by atoms with Gasteiger partial charge in [0.2, 0.25) is 0 Å². The van der Waals surface area contributed by atoms with E-state index in [1.165, 1.54) is 48.1 Å². The van der Waals surface area contributed by atoms with Crippen LogP contribution in [-0.2, 0) is 0 Å². The molecule has 0 saturated carbocycles. The van der Waals surface area contributed by atoms with Crippen molar-refractivity contribution in [1.82, 2.24) is 14.9 Å². The maximum Gasteiger partial charge on any atom is 0.123 e. The van der Waals surface area contributed by atoms with Gasteiger partial charge in [0.15, 0.2) is 0 Å². The van der Waals surface area contributed by atoms with Crippen molar-refractivity contribution in [3.63, 3.8) is 0 Å². The van der Waals surface area contributed by atoms with Crippen molar-refractivity contribution >= 4 is 5.57 Å². The Bertz CT molecular complexity index is 988. The lowest BCUT2D eigenvalue weighted by atomic mass is 9.91. The molecule has 2 aromatic heterocycles. The van der Waals surface area contributed by atoms with E-state index in [0.717, 1.165) is 16.8 Å². The Morgan fingerprint density at radius 1 is 1.04 bits per heavy atom. The number of nitrogens with one attached hydrogen (secondary N) is 1. The summed E-state index contributed by atoms with van der Waals surface area (Å²) in [5, 5.41) is 0. The number of aromatic amines is 1. The highest BCUT2D eigenvalue weighted by molar-refractivity contribution is 5.92. The van der Waals surface area contributed by atoms with E-state index in [9.17, 15) is 4.39 Å². The fourth-order valence-electron chi connectivity index (χ4n) is 4.64. The van der Waals surface area contributed by atoms with Gasteiger partial charge < -0.3 is 4.98 Å². The van der Waals surface area contributed by atoms with E-state index in [-0.39, 0.29) is 5.82 Å². The second-order valence-electron chi connectivity index (χ2n) is 7.50. The van der Waals surface area contributed by atoms with Crippen LogP contribution in [-0.4, -0.2) is 34.0 Å². The minimum atomic E-state index is -0.218. The molecule has 3 nitrogen and oxygen atoms in total. The monoisotopic (exact) mass is 359 g/mol. The lowest BCUT2D eigenvalue weighted by molar-refractivity contribution is 0.199. The van der Waals surface area contributed by atoms with Gasteiger partial charge in [0, 0.05) is 41.8 Å². The van der Waals surface area contributed by atoms with Crippen LogP contribution in [0.4, 0.5) is 4.39 Å². The SMILES string of the molecule is CN1C2C=C(c3c[nH]c(-c4ccc(F)cc4)c3-c3ccncc3)C1CCC2. The molecule has 1 saturated heterocycles. The van der Waals surface area contributed by atoms with Crippen molar-refractivity contribution in [3.8, 4) is 22.4 Å². The molecule has 1 fully saturated rings. The summed E-state index contributed by atoms with van der Waals surface area (Å²) in [6.07, 6.45) is 11.9. The standard InChI is InChI=1S/C23H22FN3/c1-27-18-3-2-4-21(27)19(13-18)20-14-26-23(16-5-7-17(24)8-6-16)22(20)15-9-11-25-12-10-15/h5-14,18,21,26H,2-4H2,1H3. The zero-order chi connectivity index (χ0) is 18.4. The summed E-state index contributed by atoms with van der Waals surface area (Å²) in [7, 11) is 2.23. The van der Waals surface area contributed by atoms with Gasteiger partial charge in [-0.15, -0.1) is 0 Å². The van der Waals surface area contributed by atoms with Crippen LogP contribution in [0.25, 0.3) is 28.0 Å². The molecule has 0 spiro atoms. The first-order chi connectivity index (χ1) is 13.2. The third kappa shape index (κ3) is 2.72. The summed E-state index contributed by atoms with van der Waals surface area (Å²) in [4.78, 5) is 10.2. The van der Waals surface area contributed by atoms with E-state index >= 15 is 0 Å². The smallest absolute Gasteiger partial charge is 0.123 e. The Morgan fingerprint density at radius 3 is 2.56 bits per heavy atom. The van der Waals surface area contributed by atoms with Gasteiger partial charge in [0.05, 0.1) is 5.69 Å². The number of hydrogen-bond acceptors (Lipinski definition) is 2. The van der Waals surface area contributed by atoms with Crippen molar-refractivity contribution in [2.45, 2.75) is 31.3 Å². The second-order valence-corrected chi connectivity index (χ2v) is 7.50. The molecule has 1 aromatic carbocycles. The fourth-order valence-corrected chi connectivity index (χ4v) is 4.64. The zero-order valence-corrected chi connectivity index (χ0v) is 15.3. The quantitative estimate of drug-likeness (QED) is 0.703. The number of likely N-dealkylation sites (N-methyl/N-ethyl adjacent to an activating group) is 1. The molecule has 0 aliphatic carbocycles. The molecule has 27 heavy (non-hydrogen) atoms. The number of benzene rings is 1. The summed E-state index contributed by atoms with van der Waals surface area (Å²) in [5.41, 5.74) is 6.99. The van der Waals surface area contributed by atoms with Crippen molar-refractivity contribution in [1.29, 1.82) is 0 Å². The summed E-state index contributed by atoms with van der Waals surface area (Å²) in [6, 6.07) is 11.8. The highest BCUT2D eigenvalue weighted by Crippen LogP contribution is 2.44. The minimum absolute atomic E-state index is 0.218. The topological polar surface area (TPSA) is 31.9 Å². The molecule has 0 radical (unpaired) electrons. The number of hydrogen-bond donors (Lipinski definition) is 1. The molecule has 1 N–H and O–H groups in total. The highest BCUT2D eigenvalue weighted by atomic mass is 19.1. The predicted octanol–water partition coefficient (Wildman–Crippen LogP) is 5.13. The van der Waals surface area contributed by atoms with Gasteiger partial charge in [-0.1, -0.05) is 6.08 Å². The van der Waals surface area contributed by atoms with Crippen LogP contribution in [0.15, 0.2) is 61.1 Å². The van der Waals surface area contributed by atoms with Gasteiger partial charge in [-0.3, -0.25) is 9.88 Å². The number of aromatic nitrogens is 2. The Kier molecular flexibility index (Phi) is 3.94. The van der Waals surface area contributed by atoms with E-state index in [4.69, 9.17) is 0 Å². The molecule has 4 heteroatoms. The molecule has 136 valence electrons. The largest absolute Gasteiger partial charge is 0.360 e. The number of rotatable bonds is 3. The molecular formula is C23H22FN3. The van der Waals surface area contributed by atoms with E-state index in [1.54, 1.807) is 0 Å². The highest BCUT2D eigenvalue weighted by Gasteiger charge is 2.37. The van der Waals surface area contributed by atoms with Crippen LogP contribution >= 0.6 is 0 Å². The number of piperidine rings is 1. The van der Waals surface area contributed by atoms with Crippen LogP contribution in [0.3, 0.4) is 0 Å². The lowest BCUT2D eigenvalue weighted by Gasteiger charge is -2.32. The summed E-state index contributed by atoms with van der Waals surface area (Å²) >= 11 is 0. The van der Waals surface area contributed by atoms with E-state index in [0.29, 0.717) is 12.1 Å². The maximum atomic E-state index is 13.4. The van der Waals surface area contributed by atoms with Gasteiger partial charge in [0.25, 0.3) is 0 Å². The van der Waals surface area contributed by atoms with Gasteiger partial charge in [-0.05, 0) is 79.4 Å². The van der Waals surface area contributed by atoms with E-state index in [2.05, 4.69) is 34.2 Å². The molecule has 5 rings (SSSR count). The van der Waals surface area contributed by atoms with Gasteiger partial charge in [-0.2, -0.15) is 0 Å². The molecule has 2 aliphatic heterocycles. The molecule has 2 atom stereocenters. The minimum Gasteiger partial charge on any atom is -0.360 e. The molecule has 2 unspecified atom stereocenters. The number of pyridine rings is 1. The van der Waals surface area contributed by atoms with Crippen LogP contribution < -0.4 is 0 Å². The average Bonchev–Trinajstić information content (AvgIpc) is 3.17. The average molecular weight is 359 g/mol. The lowest BCUT2D eigenvalue weighted by Crippen LogP contribution is -2.37. The van der Waals surface area contributed by atoms with E-state index < -0.39 is 0 Å². The molecule has 0 amide bonds. The van der Waals surface area contributed by atoms with E-state index in [1.807, 2.05) is 36.7 Å². The number of nitrogens with zero attached hydrogens (tertiary/aromatic N) is 2.